The summed E-state index contributed by atoms with van der Waals surface area (Å²) in [6, 6.07) is 0. The van der Waals surface area contributed by atoms with Gasteiger partial charge in [-0.2, -0.15) is 0 Å². The highest BCUT2D eigenvalue weighted by Crippen LogP contribution is 2.43. The van der Waals surface area contributed by atoms with Crippen LogP contribution in [0, 0.1) is 27.7 Å². The number of ether oxygens (including phenoxy) is 2. The van der Waals surface area contributed by atoms with Gasteiger partial charge in [0.2, 0.25) is 0 Å². The van der Waals surface area contributed by atoms with Gasteiger partial charge in [-0.25, -0.2) is 4.57 Å². The molecule has 0 radical (unpaired) electrons. The number of phosphoric acid groups is 1. The average Bonchev–Trinajstić information content (AvgIpc) is 3.64. The lowest BCUT2D eigenvalue weighted by Crippen LogP contribution is -2.37. The molecule has 0 saturated carbocycles. The highest BCUT2D eigenvalue weighted by atomic mass is 31.2. The van der Waals surface area contributed by atoms with Crippen molar-refractivity contribution in [2.24, 2.45) is 0 Å². The quantitative estimate of drug-likeness (QED) is 0.0300. The smallest absolute Gasteiger partial charge is 0.466 e. The third kappa shape index (κ3) is 24.6. The summed E-state index contributed by atoms with van der Waals surface area (Å²) in [4.78, 5) is 35.7. The maximum atomic E-state index is 12.8. The second-order valence-electron chi connectivity index (χ2n) is 18.7. The topological polar surface area (TPSA) is 135 Å². The number of esters is 2. The number of hydrogen-bond acceptors (Lipinski definition) is 9. The first kappa shape index (κ1) is 55.7. The number of likely N-dealkylation sites (N-methyl/N-ethyl adjacent to an activating group) is 1. The fourth-order valence-corrected chi connectivity index (χ4v) is 8.39. The summed E-state index contributed by atoms with van der Waals surface area (Å²) >= 11 is 0. The molecule has 2 unspecified atom stereocenters. The van der Waals surface area contributed by atoms with Gasteiger partial charge in [-0.3, -0.25) is 18.6 Å². The van der Waals surface area contributed by atoms with Crippen molar-refractivity contribution in [1.82, 2.24) is 0 Å². The zero-order chi connectivity index (χ0) is 45.8. The molecule has 358 valence electrons. The number of nitrogens with zero attached hydrogens (tertiary/aromatic N) is 1. The molecule has 0 fully saturated rings. The van der Waals surface area contributed by atoms with Crippen molar-refractivity contribution in [2.75, 3.05) is 47.5 Å². The highest BCUT2D eigenvalue weighted by Gasteiger charge is 2.27. The van der Waals surface area contributed by atoms with Gasteiger partial charge in [0.05, 0.1) is 27.7 Å². The third-order valence-electron chi connectivity index (χ3n) is 12.0. The van der Waals surface area contributed by atoms with Crippen molar-refractivity contribution < 1.29 is 50.9 Å². The number of furan rings is 2. The van der Waals surface area contributed by atoms with Gasteiger partial charge in [0, 0.05) is 38.5 Å². The number of aryl methyl sites for hydroxylation is 4. The lowest BCUT2D eigenvalue weighted by Gasteiger charge is -2.24. The molecule has 2 aromatic rings. The first-order chi connectivity index (χ1) is 29.6. The fourth-order valence-electron chi connectivity index (χ4n) is 7.65. The van der Waals surface area contributed by atoms with Crippen molar-refractivity contribution in [3.8, 4) is 0 Å². The van der Waals surface area contributed by atoms with Gasteiger partial charge < -0.3 is 27.7 Å². The van der Waals surface area contributed by atoms with E-state index in [9.17, 15) is 19.0 Å². The number of phosphoric ester groups is 1. The molecule has 0 bridgehead atoms. The van der Waals surface area contributed by atoms with Crippen LogP contribution in [0.25, 0.3) is 0 Å². The van der Waals surface area contributed by atoms with Crippen LogP contribution in [-0.4, -0.2) is 74.9 Å². The normalized spacial score (nSPS) is 13.4. The van der Waals surface area contributed by atoms with E-state index in [0.717, 1.165) is 101 Å². The molecule has 11 nitrogen and oxygen atoms in total. The van der Waals surface area contributed by atoms with Gasteiger partial charge >= 0.3 is 19.8 Å². The van der Waals surface area contributed by atoms with Crippen molar-refractivity contribution in [3.63, 3.8) is 0 Å². The Kier molecular flexibility index (Phi) is 28.3. The van der Waals surface area contributed by atoms with Crippen LogP contribution >= 0.6 is 7.82 Å². The number of quaternary nitrogens is 1. The Morgan fingerprint density at radius 3 is 1.39 bits per heavy atom. The van der Waals surface area contributed by atoms with Crippen LogP contribution in [0.15, 0.2) is 8.83 Å². The monoisotopic (exact) mass is 895 g/mol. The fraction of sp³-hybridized carbons (Fsp3) is 0.800. The Balaban J connectivity index is 1.63. The molecule has 12 heteroatoms. The zero-order valence-corrected chi connectivity index (χ0v) is 41.7. The molecular formula is C50H89NO10P+. The van der Waals surface area contributed by atoms with Crippen molar-refractivity contribution in [1.29, 1.82) is 0 Å². The molecule has 0 aliphatic carbocycles. The van der Waals surface area contributed by atoms with Gasteiger partial charge in [0.15, 0.2) is 6.10 Å². The van der Waals surface area contributed by atoms with Crippen LogP contribution in [0.1, 0.15) is 200 Å². The molecular weight excluding hydrogens is 806 g/mol. The van der Waals surface area contributed by atoms with E-state index >= 15 is 0 Å². The van der Waals surface area contributed by atoms with E-state index in [4.69, 9.17) is 27.4 Å². The second kappa shape index (κ2) is 31.4. The number of carbonyl (C=O) groups is 2. The number of hydrogen-bond donors (Lipinski definition) is 1. The Morgan fingerprint density at radius 1 is 0.548 bits per heavy atom. The average molecular weight is 895 g/mol. The van der Waals surface area contributed by atoms with E-state index in [1.54, 1.807) is 0 Å². The van der Waals surface area contributed by atoms with Gasteiger partial charge in [-0.05, 0) is 88.5 Å². The molecule has 0 spiro atoms. The SMILES string of the molecule is CCCCCc1oc(CCCCCCCCCCCCC(=O)OCC(COP(=O)(O)OCC[N+](C)(C)C)OC(=O)CCCCCCCCc2oc(CCC)c(C)c2C)c(C)c1C. The number of unbranched alkanes of at least 4 members (excludes halogenated alkanes) is 16. The molecule has 0 aliphatic rings. The van der Waals surface area contributed by atoms with Gasteiger partial charge in [-0.15, -0.1) is 0 Å². The zero-order valence-electron chi connectivity index (χ0n) is 40.8. The molecule has 0 amide bonds. The largest absolute Gasteiger partial charge is 0.472 e. The van der Waals surface area contributed by atoms with E-state index < -0.39 is 26.5 Å². The van der Waals surface area contributed by atoms with Crippen molar-refractivity contribution in [3.05, 3.63) is 45.3 Å². The van der Waals surface area contributed by atoms with Gasteiger partial charge in [-0.1, -0.05) is 104 Å². The first-order valence-electron chi connectivity index (χ1n) is 24.5. The molecule has 62 heavy (non-hydrogen) atoms. The summed E-state index contributed by atoms with van der Waals surface area (Å²) in [5.41, 5.74) is 5.27. The molecule has 0 aromatic carbocycles. The van der Waals surface area contributed by atoms with E-state index in [2.05, 4.69) is 41.5 Å². The summed E-state index contributed by atoms with van der Waals surface area (Å²) in [7, 11) is 1.44. The van der Waals surface area contributed by atoms with Gasteiger partial charge in [0.1, 0.15) is 42.8 Å². The predicted octanol–water partition coefficient (Wildman–Crippen LogP) is 12.9. The number of rotatable bonds is 38. The van der Waals surface area contributed by atoms with Crippen LogP contribution in [-0.2, 0) is 58.4 Å². The third-order valence-corrected chi connectivity index (χ3v) is 13.0. The Labute approximate surface area is 376 Å². The van der Waals surface area contributed by atoms with E-state index in [1.807, 2.05) is 21.1 Å². The molecule has 1 N–H and O–H groups in total. The first-order valence-corrected chi connectivity index (χ1v) is 26.0. The van der Waals surface area contributed by atoms with Crippen LogP contribution in [0.5, 0.6) is 0 Å². The van der Waals surface area contributed by atoms with Gasteiger partial charge in [0.25, 0.3) is 0 Å². The maximum Gasteiger partial charge on any atom is 0.472 e. The predicted molar refractivity (Wildman–Crippen MR) is 250 cm³/mol. The summed E-state index contributed by atoms with van der Waals surface area (Å²) in [6.45, 7) is 13.0. The highest BCUT2D eigenvalue weighted by molar-refractivity contribution is 7.47. The van der Waals surface area contributed by atoms with Crippen LogP contribution in [0.4, 0.5) is 0 Å². The number of carbonyl (C=O) groups excluding carboxylic acids is 2. The summed E-state index contributed by atoms with van der Waals surface area (Å²) in [5, 5.41) is 0. The van der Waals surface area contributed by atoms with Crippen molar-refractivity contribution >= 4 is 19.8 Å². The van der Waals surface area contributed by atoms with Crippen LogP contribution in [0.3, 0.4) is 0 Å². The van der Waals surface area contributed by atoms with Crippen molar-refractivity contribution in [2.45, 2.75) is 215 Å². The second-order valence-corrected chi connectivity index (χ2v) is 20.1. The van der Waals surface area contributed by atoms with E-state index in [1.165, 1.54) is 91.6 Å². The molecule has 2 atom stereocenters. The maximum absolute atomic E-state index is 12.8. The molecule has 0 aliphatic heterocycles. The standard InChI is InChI=1S/C50H88NO10P/c1-10-12-25-31-46-42(5)43(6)48(61-46)33-26-21-17-15-13-14-16-18-23-28-34-49(52)56-38-44(39-58-62(54,55)57-37-36-51(7,8)9)59-50(53)35-29-24-20-19-22-27-32-47-41(4)40(3)45(60-47)30-11-2/h44H,10-39H2,1-9H3/p+1. The van der Waals surface area contributed by atoms with E-state index in [0.29, 0.717) is 17.4 Å². The van der Waals surface area contributed by atoms with E-state index in [-0.39, 0.29) is 32.0 Å². The minimum absolute atomic E-state index is 0.0193. The summed E-state index contributed by atoms with van der Waals surface area (Å²) in [6.07, 6.45) is 25.3. The van der Waals surface area contributed by atoms with Crippen LogP contribution in [0.2, 0.25) is 0 Å². The Morgan fingerprint density at radius 2 is 0.952 bits per heavy atom. The molecule has 0 saturated heterocycles. The minimum atomic E-state index is -4.40. The lowest BCUT2D eigenvalue weighted by atomic mass is 10.0. The Hall–Kier alpha value is -2.43. The minimum Gasteiger partial charge on any atom is -0.466 e. The summed E-state index contributed by atoms with van der Waals surface area (Å²) in [5.74, 6) is 3.77. The molecule has 2 aromatic heterocycles. The van der Waals surface area contributed by atoms with Crippen LogP contribution < -0.4 is 0 Å². The molecule has 2 heterocycles. The molecule has 2 rings (SSSR count). The Bertz CT molecular complexity index is 1570. The summed E-state index contributed by atoms with van der Waals surface area (Å²) < 4.78 is 46.9. The lowest BCUT2D eigenvalue weighted by molar-refractivity contribution is -0.870.